The molecule has 3 N–H and O–H groups in total. The van der Waals surface area contributed by atoms with Gasteiger partial charge in [0.25, 0.3) is 10.2 Å². The minimum Gasteiger partial charge on any atom is -0.310 e. The molecule has 112 valence electrons. The lowest BCUT2D eigenvalue weighted by Gasteiger charge is -2.21. The third-order valence-electron chi connectivity index (χ3n) is 2.79. The fourth-order valence-corrected chi connectivity index (χ4v) is 3.17. The van der Waals surface area contributed by atoms with Crippen LogP contribution in [0.1, 0.15) is 39.2 Å². The summed E-state index contributed by atoms with van der Waals surface area (Å²) in [6, 6.07) is 8.10. The van der Waals surface area contributed by atoms with E-state index in [4.69, 9.17) is 0 Å². The maximum absolute atomic E-state index is 12.0. The first kappa shape index (κ1) is 15.3. The molecule has 0 aromatic heterocycles. The van der Waals surface area contributed by atoms with Gasteiger partial charge in [-0.3, -0.25) is 4.72 Å². The summed E-state index contributed by atoms with van der Waals surface area (Å²) in [5.41, 5.74) is 1.15. The van der Waals surface area contributed by atoms with Crippen molar-refractivity contribution in [2.75, 3.05) is 4.72 Å². The second kappa shape index (κ2) is 5.71. The predicted molar refractivity (Wildman–Crippen MR) is 81.7 cm³/mol. The molecule has 1 aliphatic rings. The second-order valence-corrected chi connectivity index (χ2v) is 7.73. The molecule has 1 aromatic carbocycles. The Labute approximate surface area is 121 Å². The Hall–Kier alpha value is -1.11. The molecule has 0 unspecified atom stereocenters. The van der Waals surface area contributed by atoms with E-state index in [1.54, 1.807) is 6.07 Å². The normalized spacial score (nSPS) is 16.1. The fourth-order valence-electron chi connectivity index (χ4n) is 1.88. The maximum atomic E-state index is 12.0. The van der Waals surface area contributed by atoms with Crippen LogP contribution in [-0.2, 0) is 16.8 Å². The lowest BCUT2D eigenvalue weighted by Crippen LogP contribution is -2.43. The van der Waals surface area contributed by atoms with Crippen molar-refractivity contribution >= 4 is 15.9 Å². The Bertz CT molecular complexity index is 560. The molecule has 1 aliphatic carbocycles. The van der Waals surface area contributed by atoms with Crippen LogP contribution >= 0.6 is 0 Å². The number of benzene rings is 1. The highest BCUT2D eigenvalue weighted by molar-refractivity contribution is 7.90. The first-order valence-corrected chi connectivity index (χ1v) is 8.36. The van der Waals surface area contributed by atoms with Gasteiger partial charge in [-0.1, -0.05) is 12.1 Å². The average molecular weight is 297 g/mol. The van der Waals surface area contributed by atoms with E-state index >= 15 is 0 Å². The first-order valence-electron chi connectivity index (χ1n) is 6.88. The van der Waals surface area contributed by atoms with Gasteiger partial charge in [-0.2, -0.15) is 13.1 Å². The molecule has 20 heavy (non-hydrogen) atoms. The van der Waals surface area contributed by atoms with E-state index in [0.717, 1.165) is 12.1 Å². The number of hydrogen-bond donors (Lipinski definition) is 3. The molecule has 1 aromatic rings. The molecule has 0 radical (unpaired) electrons. The van der Waals surface area contributed by atoms with Gasteiger partial charge in [-0.15, -0.1) is 0 Å². The van der Waals surface area contributed by atoms with Crippen molar-refractivity contribution in [1.29, 1.82) is 0 Å². The van der Waals surface area contributed by atoms with Gasteiger partial charge in [-0.05, 0) is 51.3 Å². The number of nitrogens with one attached hydrogen (secondary N) is 3. The summed E-state index contributed by atoms with van der Waals surface area (Å²) in [5, 5.41) is 3.41. The van der Waals surface area contributed by atoms with Crippen LogP contribution in [0.25, 0.3) is 0 Å². The van der Waals surface area contributed by atoms with E-state index in [0.29, 0.717) is 11.7 Å². The fraction of sp³-hybridized carbons (Fsp3) is 0.571. The molecule has 6 heteroatoms. The van der Waals surface area contributed by atoms with Crippen molar-refractivity contribution < 1.29 is 8.42 Å². The van der Waals surface area contributed by atoms with Crippen LogP contribution in [0.5, 0.6) is 0 Å². The Morgan fingerprint density at radius 3 is 2.55 bits per heavy atom. The Kier molecular flexibility index (Phi) is 4.36. The van der Waals surface area contributed by atoms with E-state index in [-0.39, 0.29) is 0 Å². The van der Waals surface area contributed by atoms with Gasteiger partial charge in [0.1, 0.15) is 0 Å². The predicted octanol–water partition coefficient (Wildman–Crippen LogP) is 1.98. The van der Waals surface area contributed by atoms with E-state index in [1.165, 1.54) is 12.8 Å². The van der Waals surface area contributed by atoms with Gasteiger partial charge in [0.05, 0.1) is 5.69 Å². The average Bonchev–Trinajstić information content (AvgIpc) is 3.06. The molecular formula is C14H23N3O2S. The maximum Gasteiger partial charge on any atom is 0.299 e. The van der Waals surface area contributed by atoms with Crippen molar-refractivity contribution in [2.24, 2.45) is 0 Å². The standard InChI is InChI=1S/C14H23N3O2S/c1-14(2,3)17-20(18,19)16-13-6-4-5-11(9-13)10-15-12-7-8-12/h4-6,9,12,15-17H,7-8,10H2,1-3H3. The van der Waals surface area contributed by atoms with E-state index in [9.17, 15) is 8.42 Å². The first-order chi connectivity index (χ1) is 9.23. The third-order valence-corrected chi connectivity index (χ3v) is 4.18. The molecule has 0 bridgehead atoms. The summed E-state index contributed by atoms with van der Waals surface area (Å²) in [5.74, 6) is 0. The van der Waals surface area contributed by atoms with Crippen molar-refractivity contribution in [3.63, 3.8) is 0 Å². The van der Waals surface area contributed by atoms with Crippen LogP contribution in [0.4, 0.5) is 5.69 Å². The summed E-state index contributed by atoms with van der Waals surface area (Å²) in [4.78, 5) is 0. The summed E-state index contributed by atoms with van der Waals surface area (Å²) < 4.78 is 29.1. The molecule has 0 amide bonds. The smallest absolute Gasteiger partial charge is 0.299 e. The van der Waals surface area contributed by atoms with Gasteiger partial charge in [0, 0.05) is 18.1 Å². The van der Waals surface area contributed by atoms with Gasteiger partial charge in [0.15, 0.2) is 0 Å². The molecule has 1 saturated carbocycles. The largest absolute Gasteiger partial charge is 0.310 e. The number of rotatable bonds is 6. The van der Waals surface area contributed by atoms with Gasteiger partial charge < -0.3 is 5.32 Å². The monoisotopic (exact) mass is 297 g/mol. The minimum atomic E-state index is -3.55. The topological polar surface area (TPSA) is 70.2 Å². The van der Waals surface area contributed by atoms with Gasteiger partial charge >= 0.3 is 0 Å². The van der Waals surface area contributed by atoms with Crippen LogP contribution in [0.15, 0.2) is 24.3 Å². The van der Waals surface area contributed by atoms with Crippen molar-refractivity contribution in [3.05, 3.63) is 29.8 Å². The minimum absolute atomic E-state index is 0.503. The Morgan fingerprint density at radius 1 is 1.25 bits per heavy atom. The van der Waals surface area contributed by atoms with Crippen LogP contribution in [-0.4, -0.2) is 20.0 Å². The molecule has 0 aliphatic heterocycles. The van der Waals surface area contributed by atoms with Crippen molar-refractivity contribution in [3.8, 4) is 0 Å². The highest BCUT2D eigenvalue weighted by atomic mass is 32.2. The second-order valence-electron chi connectivity index (χ2n) is 6.31. The highest BCUT2D eigenvalue weighted by Gasteiger charge is 2.21. The SMILES string of the molecule is CC(C)(C)NS(=O)(=O)Nc1cccc(CNC2CC2)c1. The third kappa shape index (κ3) is 5.48. The molecule has 0 atom stereocenters. The summed E-state index contributed by atoms with van der Waals surface area (Å²) >= 11 is 0. The number of anilines is 1. The number of hydrogen-bond acceptors (Lipinski definition) is 3. The highest BCUT2D eigenvalue weighted by Crippen LogP contribution is 2.20. The molecule has 5 nitrogen and oxygen atoms in total. The molecular weight excluding hydrogens is 274 g/mol. The van der Waals surface area contributed by atoms with E-state index in [2.05, 4.69) is 14.8 Å². The summed E-state index contributed by atoms with van der Waals surface area (Å²) in [6.07, 6.45) is 2.48. The van der Waals surface area contributed by atoms with Crippen molar-refractivity contribution in [2.45, 2.75) is 51.7 Å². The van der Waals surface area contributed by atoms with Crippen LogP contribution in [0.2, 0.25) is 0 Å². The zero-order valence-corrected chi connectivity index (χ0v) is 13.0. The molecule has 0 heterocycles. The quantitative estimate of drug-likeness (QED) is 0.752. The summed E-state index contributed by atoms with van der Waals surface area (Å²) in [6.45, 7) is 6.19. The summed E-state index contributed by atoms with van der Waals surface area (Å²) in [7, 11) is -3.55. The van der Waals surface area contributed by atoms with Gasteiger partial charge in [-0.25, -0.2) is 0 Å². The van der Waals surface area contributed by atoms with Crippen LogP contribution in [0.3, 0.4) is 0 Å². The molecule has 0 spiro atoms. The van der Waals surface area contributed by atoms with E-state index in [1.807, 2.05) is 39.0 Å². The zero-order chi connectivity index (χ0) is 14.8. The van der Waals surface area contributed by atoms with Crippen LogP contribution < -0.4 is 14.8 Å². The molecule has 1 fully saturated rings. The Morgan fingerprint density at radius 2 is 1.95 bits per heavy atom. The molecule has 2 rings (SSSR count). The van der Waals surface area contributed by atoms with E-state index < -0.39 is 15.7 Å². The Balaban J connectivity index is 1.99. The molecule has 0 saturated heterocycles. The van der Waals surface area contributed by atoms with Crippen molar-refractivity contribution in [1.82, 2.24) is 10.0 Å². The lowest BCUT2D eigenvalue weighted by molar-refractivity contribution is 0.494. The van der Waals surface area contributed by atoms with Crippen LogP contribution in [0, 0.1) is 0 Å². The zero-order valence-electron chi connectivity index (χ0n) is 12.2. The van der Waals surface area contributed by atoms with Gasteiger partial charge in [0.2, 0.25) is 0 Å². The lowest BCUT2D eigenvalue weighted by atomic mass is 10.1.